The van der Waals surface area contributed by atoms with Crippen LogP contribution < -0.4 is 10.9 Å². The second kappa shape index (κ2) is 9.80. The first-order valence-corrected chi connectivity index (χ1v) is 9.15. The molecule has 0 amide bonds. The Hall–Kier alpha value is -2.56. The van der Waals surface area contributed by atoms with E-state index in [2.05, 4.69) is 46.4 Å². The molecule has 0 aliphatic heterocycles. The maximum Gasteiger partial charge on any atom is 0.250 e. The summed E-state index contributed by atoms with van der Waals surface area (Å²) in [4.78, 5) is 18.3. The molecule has 2 rings (SSSR count). The second-order valence-electron chi connectivity index (χ2n) is 6.68. The lowest BCUT2D eigenvalue weighted by molar-refractivity contribution is 0.472. The van der Waals surface area contributed by atoms with Gasteiger partial charge in [0, 0.05) is 45.5 Å². The minimum Gasteiger partial charge on any atom is -0.356 e. The third kappa shape index (κ3) is 5.76. The van der Waals surface area contributed by atoms with Crippen molar-refractivity contribution < 1.29 is 0 Å². The van der Waals surface area contributed by atoms with E-state index in [1.807, 2.05) is 30.7 Å². The second-order valence-corrected chi connectivity index (χ2v) is 6.68. The lowest BCUT2D eigenvalue weighted by Gasteiger charge is -2.22. The van der Waals surface area contributed by atoms with E-state index < -0.39 is 0 Å². The van der Waals surface area contributed by atoms with E-state index in [-0.39, 0.29) is 5.56 Å². The van der Waals surface area contributed by atoms with Gasteiger partial charge in [0.25, 0.3) is 5.56 Å². The van der Waals surface area contributed by atoms with Crippen molar-refractivity contribution >= 4 is 5.96 Å². The number of benzene rings is 1. The molecule has 140 valence electrons. The number of hydrogen-bond donors (Lipinski definition) is 1. The quantitative estimate of drug-likeness (QED) is 0.472. The smallest absolute Gasteiger partial charge is 0.250 e. The van der Waals surface area contributed by atoms with Crippen molar-refractivity contribution in [3.63, 3.8) is 0 Å². The molecule has 1 aromatic carbocycles. The average molecular weight is 354 g/mol. The van der Waals surface area contributed by atoms with Crippen molar-refractivity contribution in [2.24, 2.45) is 4.99 Å². The van der Waals surface area contributed by atoms with Crippen LogP contribution in [-0.2, 0) is 13.1 Å². The van der Waals surface area contributed by atoms with E-state index >= 15 is 0 Å². The Morgan fingerprint density at radius 2 is 1.85 bits per heavy atom. The molecule has 26 heavy (non-hydrogen) atoms. The maximum atomic E-state index is 11.9. The zero-order chi connectivity index (χ0) is 18.9. The average Bonchev–Trinajstić information content (AvgIpc) is 2.62. The molecular weight excluding hydrogens is 324 g/mol. The highest BCUT2D eigenvalue weighted by Crippen LogP contribution is 2.06. The van der Waals surface area contributed by atoms with E-state index in [1.165, 1.54) is 11.1 Å². The van der Waals surface area contributed by atoms with Gasteiger partial charge in [0.05, 0.1) is 0 Å². The number of nitrogens with zero attached hydrogens (tertiary/aromatic N) is 3. The summed E-state index contributed by atoms with van der Waals surface area (Å²) >= 11 is 0. The standard InChI is InChI=1S/C21H30N4O/c1-17-10-12-19(13-11-17)16-24(4)21(22-3)23-14-5-6-15-25-18(2)8-7-9-20(25)26/h7-13H,5-6,14-16H2,1-4H3,(H,22,23). The number of pyridine rings is 1. The Morgan fingerprint density at radius 3 is 2.50 bits per heavy atom. The van der Waals surface area contributed by atoms with E-state index in [4.69, 9.17) is 0 Å². The van der Waals surface area contributed by atoms with Crippen LogP contribution in [-0.4, -0.2) is 36.1 Å². The number of aliphatic imine (C=N–C) groups is 1. The zero-order valence-corrected chi connectivity index (χ0v) is 16.3. The summed E-state index contributed by atoms with van der Waals surface area (Å²) in [5, 5.41) is 3.40. The molecule has 0 saturated heterocycles. The Bertz CT molecular complexity index is 777. The van der Waals surface area contributed by atoms with Gasteiger partial charge in [-0.2, -0.15) is 0 Å². The predicted molar refractivity (Wildman–Crippen MR) is 109 cm³/mol. The highest BCUT2D eigenvalue weighted by atomic mass is 16.1. The minimum atomic E-state index is 0.0756. The SMILES string of the molecule is CN=C(NCCCCn1c(C)cccc1=O)N(C)Cc1ccc(C)cc1. The van der Waals surface area contributed by atoms with Crippen LogP contribution in [0.3, 0.4) is 0 Å². The van der Waals surface area contributed by atoms with Gasteiger partial charge in [-0.25, -0.2) is 0 Å². The molecule has 0 fully saturated rings. The molecule has 5 nitrogen and oxygen atoms in total. The van der Waals surface area contributed by atoms with Gasteiger partial charge in [0.15, 0.2) is 5.96 Å². The third-order valence-corrected chi connectivity index (χ3v) is 4.47. The number of aromatic nitrogens is 1. The molecule has 1 N–H and O–H groups in total. The van der Waals surface area contributed by atoms with Gasteiger partial charge in [-0.15, -0.1) is 0 Å². The number of rotatable bonds is 7. The predicted octanol–water partition coefficient (Wildman–Crippen LogP) is 2.95. The molecule has 0 unspecified atom stereocenters. The van der Waals surface area contributed by atoms with Gasteiger partial charge in [-0.3, -0.25) is 9.79 Å². The Labute approximate surface area is 156 Å². The lowest BCUT2D eigenvalue weighted by Crippen LogP contribution is -2.39. The highest BCUT2D eigenvalue weighted by Gasteiger charge is 2.06. The summed E-state index contributed by atoms with van der Waals surface area (Å²) in [6, 6.07) is 14.0. The summed E-state index contributed by atoms with van der Waals surface area (Å²) < 4.78 is 1.83. The van der Waals surface area contributed by atoms with E-state index in [1.54, 1.807) is 13.1 Å². The molecule has 0 spiro atoms. The molecular formula is C21H30N4O. The maximum absolute atomic E-state index is 11.9. The molecule has 1 heterocycles. The van der Waals surface area contributed by atoms with Crippen molar-refractivity contribution in [1.82, 2.24) is 14.8 Å². The number of nitrogens with one attached hydrogen (secondary N) is 1. The van der Waals surface area contributed by atoms with Crippen molar-refractivity contribution in [3.8, 4) is 0 Å². The monoisotopic (exact) mass is 354 g/mol. The van der Waals surface area contributed by atoms with Gasteiger partial charge < -0.3 is 14.8 Å². The Kier molecular flexibility index (Phi) is 7.45. The van der Waals surface area contributed by atoms with Crippen LogP contribution in [0.15, 0.2) is 52.3 Å². The van der Waals surface area contributed by atoms with E-state index in [9.17, 15) is 4.79 Å². The number of aryl methyl sites for hydroxylation is 2. The summed E-state index contributed by atoms with van der Waals surface area (Å²) in [6.07, 6.45) is 1.94. The molecule has 5 heteroatoms. The molecule has 1 aromatic heterocycles. The fraction of sp³-hybridized carbons (Fsp3) is 0.429. The Morgan fingerprint density at radius 1 is 1.12 bits per heavy atom. The summed E-state index contributed by atoms with van der Waals surface area (Å²) in [5.74, 6) is 0.888. The van der Waals surface area contributed by atoms with Gasteiger partial charge in [0.1, 0.15) is 0 Å². The number of unbranched alkanes of at least 4 members (excludes halogenated alkanes) is 1. The largest absolute Gasteiger partial charge is 0.356 e. The Balaban J connectivity index is 1.76. The molecule has 0 atom stereocenters. The van der Waals surface area contributed by atoms with Crippen LogP contribution in [0.25, 0.3) is 0 Å². The normalized spacial score (nSPS) is 11.5. The van der Waals surface area contributed by atoms with Crippen LogP contribution in [0, 0.1) is 13.8 Å². The van der Waals surface area contributed by atoms with Crippen molar-refractivity contribution in [2.45, 2.75) is 39.8 Å². The van der Waals surface area contributed by atoms with Crippen LogP contribution in [0.2, 0.25) is 0 Å². The van der Waals surface area contributed by atoms with Gasteiger partial charge in [-0.05, 0) is 38.3 Å². The van der Waals surface area contributed by atoms with Crippen LogP contribution in [0.1, 0.15) is 29.7 Å². The van der Waals surface area contributed by atoms with Crippen molar-refractivity contribution in [3.05, 3.63) is 69.6 Å². The van der Waals surface area contributed by atoms with E-state index in [0.29, 0.717) is 0 Å². The van der Waals surface area contributed by atoms with E-state index in [0.717, 1.165) is 44.1 Å². The van der Waals surface area contributed by atoms with Gasteiger partial charge in [-0.1, -0.05) is 35.9 Å². The molecule has 0 radical (unpaired) electrons. The molecule has 0 saturated carbocycles. The summed E-state index contributed by atoms with van der Waals surface area (Å²) in [5.41, 5.74) is 3.62. The fourth-order valence-corrected chi connectivity index (χ4v) is 2.93. The van der Waals surface area contributed by atoms with Gasteiger partial charge >= 0.3 is 0 Å². The topological polar surface area (TPSA) is 49.6 Å². The first-order valence-electron chi connectivity index (χ1n) is 9.15. The molecule has 0 aliphatic carbocycles. The van der Waals surface area contributed by atoms with Crippen LogP contribution in [0.5, 0.6) is 0 Å². The first-order chi connectivity index (χ1) is 12.5. The first kappa shape index (κ1) is 19.8. The van der Waals surface area contributed by atoms with Crippen molar-refractivity contribution in [2.75, 3.05) is 20.6 Å². The highest BCUT2D eigenvalue weighted by molar-refractivity contribution is 5.79. The minimum absolute atomic E-state index is 0.0756. The van der Waals surface area contributed by atoms with Crippen molar-refractivity contribution in [1.29, 1.82) is 0 Å². The number of guanidine groups is 1. The van der Waals surface area contributed by atoms with Crippen LogP contribution in [0.4, 0.5) is 0 Å². The lowest BCUT2D eigenvalue weighted by atomic mass is 10.1. The zero-order valence-electron chi connectivity index (χ0n) is 16.3. The molecule has 0 bridgehead atoms. The molecule has 0 aliphatic rings. The van der Waals surface area contributed by atoms with Gasteiger partial charge in [0.2, 0.25) is 0 Å². The number of hydrogen-bond acceptors (Lipinski definition) is 2. The summed E-state index contributed by atoms with van der Waals surface area (Å²) in [7, 11) is 3.85. The summed E-state index contributed by atoms with van der Waals surface area (Å²) in [6.45, 7) is 6.48. The third-order valence-electron chi connectivity index (χ3n) is 4.47. The van der Waals surface area contributed by atoms with Crippen LogP contribution >= 0.6 is 0 Å². The fourth-order valence-electron chi connectivity index (χ4n) is 2.93. The molecule has 2 aromatic rings.